The van der Waals surface area contributed by atoms with Crippen LogP contribution in [0.2, 0.25) is 0 Å². The quantitative estimate of drug-likeness (QED) is 0.781. The van der Waals surface area contributed by atoms with E-state index in [9.17, 15) is 0 Å². The first-order valence-corrected chi connectivity index (χ1v) is 7.82. The molecule has 0 bridgehead atoms. The number of nitrogens with zero attached hydrogens (tertiary/aromatic N) is 1. The molecule has 1 aromatic carbocycles. The summed E-state index contributed by atoms with van der Waals surface area (Å²) in [6, 6.07) is 10.8. The van der Waals surface area contributed by atoms with E-state index >= 15 is 0 Å². The molecule has 0 spiro atoms. The van der Waals surface area contributed by atoms with Gasteiger partial charge in [-0.15, -0.1) is 11.3 Å². The van der Waals surface area contributed by atoms with Gasteiger partial charge in [-0.05, 0) is 18.9 Å². The zero-order valence-corrected chi connectivity index (χ0v) is 12.5. The van der Waals surface area contributed by atoms with Crippen molar-refractivity contribution in [1.29, 1.82) is 0 Å². The number of aryl methyl sites for hydroxylation is 1. The first-order valence-electron chi connectivity index (χ1n) is 7.01. The van der Waals surface area contributed by atoms with Gasteiger partial charge in [-0.3, -0.25) is 0 Å². The molecule has 0 aliphatic heterocycles. The van der Waals surface area contributed by atoms with Crippen LogP contribution in [0.5, 0.6) is 0 Å². The van der Waals surface area contributed by atoms with Crippen LogP contribution in [0.1, 0.15) is 42.5 Å². The minimum absolute atomic E-state index is 0.574. The Morgan fingerprint density at radius 2 is 2.05 bits per heavy atom. The Labute approximate surface area is 119 Å². The van der Waals surface area contributed by atoms with Crippen LogP contribution in [0.3, 0.4) is 0 Å². The molecule has 0 amide bonds. The fourth-order valence-corrected chi connectivity index (χ4v) is 2.88. The van der Waals surface area contributed by atoms with Crippen molar-refractivity contribution in [3.63, 3.8) is 0 Å². The van der Waals surface area contributed by atoms with Crippen LogP contribution in [0.25, 0.3) is 0 Å². The highest BCUT2D eigenvalue weighted by atomic mass is 32.1. The van der Waals surface area contributed by atoms with Gasteiger partial charge in [0.05, 0.1) is 0 Å². The molecular weight excluding hydrogens is 252 g/mol. The molecule has 0 aliphatic carbocycles. The highest BCUT2D eigenvalue weighted by Crippen LogP contribution is 2.24. The Hall–Kier alpha value is -1.35. The summed E-state index contributed by atoms with van der Waals surface area (Å²) in [6.45, 7) is 5.31. The summed E-state index contributed by atoms with van der Waals surface area (Å²) in [4.78, 5) is 5.63. The van der Waals surface area contributed by atoms with E-state index in [4.69, 9.17) is 0 Å². The molecule has 2 rings (SSSR count). The van der Waals surface area contributed by atoms with Crippen LogP contribution in [-0.2, 0) is 0 Å². The molecule has 0 fully saturated rings. The van der Waals surface area contributed by atoms with Gasteiger partial charge in [0.25, 0.3) is 0 Å². The van der Waals surface area contributed by atoms with Crippen molar-refractivity contribution in [2.45, 2.75) is 39.0 Å². The number of hydrogen-bond acceptors (Lipinski definition) is 3. The second-order valence-corrected chi connectivity index (χ2v) is 6.14. The van der Waals surface area contributed by atoms with Crippen LogP contribution >= 0.6 is 11.3 Å². The minimum Gasteiger partial charge on any atom is -0.361 e. The monoisotopic (exact) mass is 274 g/mol. The number of unbranched alkanes of at least 4 members (excludes halogenated alkanes) is 1. The third kappa shape index (κ3) is 4.35. The van der Waals surface area contributed by atoms with Crippen molar-refractivity contribution in [3.05, 3.63) is 47.0 Å². The Morgan fingerprint density at radius 3 is 2.68 bits per heavy atom. The lowest BCUT2D eigenvalue weighted by molar-refractivity contribution is 0.604. The van der Waals surface area contributed by atoms with Crippen molar-refractivity contribution < 1.29 is 0 Å². The first kappa shape index (κ1) is 14.1. The molecule has 102 valence electrons. The van der Waals surface area contributed by atoms with E-state index in [1.165, 1.54) is 29.7 Å². The van der Waals surface area contributed by atoms with Gasteiger partial charge in [0.2, 0.25) is 0 Å². The summed E-state index contributed by atoms with van der Waals surface area (Å²) in [5.41, 5.74) is 1.43. The third-order valence-corrected chi connectivity index (χ3v) is 4.17. The van der Waals surface area contributed by atoms with Crippen LogP contribution in [0, 0.1) is 6.92 Å². The summed E-state index contributed by atoms with van der Waals surface area (Å²) in [6.07, 6.45) is 5.69. The van der Waals surface area contributed by atoms with Crippen LogP contribution in [0.15, 0.2) is 36.5 Å². The number of rotatable bonds is 7. The van der Waals surface area contributed by atoms with Gasteiger partial charge < -0.3 is 5.32 Å². The van der Waals surface area contributed by atoms with E-state index in [1.807, 2.05) is 6.20 Å². The van der Waals surface area contributed by atoms with Crippen LogP contribution < -0.4 is 5.32 Å². The van der Waals surface area contributed by atoms with Gasteiger partial charge in [-0.1, -0.05) is 50.1 Å². The molecule has 1 atom stereocenters. The predicted molar refractivity (Wildman–Crippen MR) is 84.0 cm³/mol. The van der Waals surface area contributed by atoms with E-state index in [2.05, 4.69) is 54.5 Å². The Bertz CT molecular complexity index is 479. The number of anilines is 1. The fraction of sp³-hybridized carbons (Fsp3) is 0.438. The molecular formula is C16H22N2S. The van der Waals surface area contributed by atoms with Gasteiger partial charge in [0, 0.05) is 23.5 Å². The average molecular weight is 274 g/mol. The number of aromatic nitrogens is 1. The summed E-state index contributed by atoms with van der Waals surface area (Å²) >= 11 is 1.73. The Morgan fingerprint density at radius 1 is 1.26 bits per heavy atom. The van der Waals surface area contributed by atoms with E-state index < -0.39 is 0 Å². The number of thiazole rings is 1. The van der Waals surface area contributed by atoms with Crippen molar-refractivity contribution in [1.82, 2.24) is 4.98 Å². The summed E-state index contributed by atoms with van der Waals surface area (Å²) in [7, 11) is 0. The van der Waals surface area contributed by atoms with Crippen molar-refractivity contribution in [2.75, 3.05) is 11.9 Å². The smallest absolute Gasteiger partial charge is 0.182 e. The Kier molecular flexibility index (Phi) is 5.40. The molecule has 0 aliphatic rings. The van der Waals surface area contributed by atoms with E-state index in [0.717, 1.165) is 11.7 Å². The molecule has 1 unspecified atom stereocenters. The third-order valence-electron chi connectivity index (χ3n) is 3.30. The second kappa shape index (κ2) is 7.29. The molecule has 0 saturated heterocycles. The molecule has 1 aromatic heterocycles. The zero-order valence-electron chi connectivity index (χ0n) is 11.7. The number of benzene rings is 1. The van der Waals surface area contributed by atoms with Gasteiger partial charge >= 0.3 is 0 Å². The summed E-state index contributed by atoms with van der Waals surface area (Å²) in [5, 5.41) is 4.52. The maximum Gasteiger partial charge on any atom is 0.182 e. The van der Waals surface area contributed by atoms with E-state index in [0.29, 0.717) is 5.92 Å². The number of hydrogen-bond donors (Lipinski definition) is 1. The van der Waals surface area contributed by atoms with Crippen molar-refractivity contribution in [3.8, 4) is 0 Å². The lowest BCUT2D eigenvalue weighted by Crippen LogP contribution is -2.12. The van der Waals surface area contributed by atoms with E-state index in [-0.39, 0.29) is 0 Å². The normalized spacial score (nSPS) is 12.3. The van der Waals surface area contributed by atoms with Gasteiger partial charge in [-0.2, -0.15) is 0 Å². The largest absolute Gasteiger partial charge is 0.361 e. The van der Waals surface area contributed by atoms with Crippen LogP contribution in [0.4, 0.5) is 5.13 Å². The second-order valence-electron chi connectivity index (χ2n) is 4.91. The van der Waals surface area contributed by atoms with Gasteiger partial charge in [-0.25, -0.2) is 4.98 Å². The van der Waals surface area contributed by atoms with Crippen LogP contribution in [-0.4, -0.2) is 11.5 Å². The van der Waals surface area contributed by atoms with Crippen molar-refractivity contribution in [2.24, 2.45) is 0 Å². The number of nitrogens with one attached hydrogen (secondary N) is 1. The van der Waals surface area contributed by atoms with Crippen molar-refractivity contribution >= 4 is 16.5 Å². The topological polar surface area (TPSA) is 24.9 Å². The molecule has 1 N–H and O–H groups in total. The lowest BCUT2D eigenvalue weighted by Gasteiger charge is -2.17. The summed E-state index contributed by atoms with van der Waals surface area (Å²) in [5.74, 6) is 0.574. The molecule has 1 heterocycles. The highest BCUT2D eigenvalue weighted by molar-refractivity contribution is 7.15. The molecule has 3 heteroatoms. The maximum atomic E-state index is 4.37. The molecule has 2 aromatic rings. The fourth-order valence-electron chi connectivity index (χ4n) is 2.21. The maximum absolute atomic E-state index is 4.37. The molecule has 2 nitrogen and oxygen atoms in total. The first-order chi connectivity index (χ1) is 9.29. The zero-order chi connectivity index (χ0) is 13.5. The van der Waals surface area contributed by atoms with Gasteiger partial charge in [0.15, 0.2) is 5.13 Å². The standard InChI is InChI=1S/C16H22N2S/c1-3-4-8-15(14-9-6-5-7-10-14)12-18-16-17-11-13(2)19-16/h5-7,9-11,15H,3-4,8,12H2,1-2H3,(H,17,18). The minimum atomic E-state index is 0.574. The average Bonchev–Trinajstić information content (AvgIpc) is 2.86. The summed E-state index contributed by atoms with van der Waals surface area (Å²) < 4.78 is 0. The van der Waals surface area contributed by atoms with E-state index in [1.54, 1.807) is 11.3 Å². The Balaban J connectivity index is 1.97. The highest BCUT2D eigenvalue weighted by Gasteiger charge is 2.11. The predicted octanol–water partition coefficient (Wildman–Crippen LogP) is 4.84. The molecule has 0 radical (unpaired) electrons. The molecule has 19 heavy (non-hydrogen) atoms. The lowest BCUT2D eigenvalue weighted by atomic mass is 9.93. The SMILES string of the molecule is CCCCC(CNc1ncc(C)s1)c1ccccc1. The van der Waals surface area contributed by atoms with Gasteiger partial charge in [0.1, 0.15) is 0 Å². The molecule has 0 saturated carbocycles.